The van der Waals surface area contributed by atoms with E-state index >= 15 is 0 Å². The van der Waals surface area contributed by atoms with Crippen LogP contribution >= 0.6 is 11.6 Å². The van der Waals surface area contributed by atoms with Gasteiger partial charge in [0.25, 0.3) is 0 Å². The van der Waals surface area contributed by atoms with E-state index in [1.165, 1.54) is 0 Å². The highest BCUT2D eigenvalue weighted by molar-refractivity contribution is 7.91. The average molecular weight is 350 g/mol. The van der Waals surface area contributed by atoms with E-state index in [1.807, 2.05) is 0 Å². The molecule has 118 valence electrons. The summed E-state index contributed by atoms with van der Waals surface area (Å²) in [5.74, 6) is -0.300. The van der Waals surface area contributed by atoms with Crippen molar-refractivity contribution in [1.82, 2.24) is 0 Å². The summed E-state index contributed by atoms with van der Waals surface area (Å²) < 4.78 is 63.5. The first-order chi connectivity index (χ1) is 10.2. The quantitative estimate of drug-likeness (QED) is 0.894. The van der Waals surface area contributed by atoms with Crippen LogP contribution in [-0.2, 0) is 22.0 Å². The van der Waals surface area contributed by atoms with Gasteiger partial charge in [-0.15, -0.1) is 0 Å². The van der Waals surface area contributed by atoms with Crippen LogP contribution < -0.4 is 4.72 Å². The van der Waals surface area contributed by atoms with Gasteiger partial charge < -0.3 is 0 Å². The minimum atomic E-state index is -4.46. The molecule has 0 unspecified atom stereocenters. The second-order valence-corrected chi connectivity index (χ2v) is 6.72. The van der Waals surface area contributed by atoms with Gasteiger partial charge in [0.1, 0.15) is 0 Å². The molecule has 0 spiro atoms. The molecule has 1 N–H and O–H groups in total. The van der Waals surface area contributed by atoms with Gasteiger partial charge in [-0.1, -0.05) is 23.7 Å². The highest BCUT2D eigenvalue weighted by Crippen LogP contribution is 2.30. The summed E-state index contributed by atoms with van der Waals surface area (Å²) in [7, 11) is -3.72. The van der Waals surface area contributed by atoms with E-state index < -0.39 is 21.8 Å². The Hall–Kier alpha value is -1.73. The van der Waals surface area contributed by atoms with Gasteiger partial charge in [-0.05, 0) is 42.0 Å². The molecular weight excluding hydrogens is 339 g/mol. The lowest BCUT2D eigenvalue weighted by atomic mass is 10.2. The number of sulfonamides is 1. The third-order valence-corrected chi connectivity index (χ3v) is 4.27. The average Bonchev–Trinajstić information content (AvgIpc) is 2.40. The van der Waals surface area contributed by atoms with Crippen molar-refractivity contribution in [2.24, 2.45) is 0 Å². The van der Waals surface area contributed by atoms with Gasteiger partial charge in [-0.25, -0.2) is 8.42 Å². The van der Waals surface area contributed by atoms with Crippen LogP contribution in [0.15, 0.2) is 48.5 Å². The van der Waals surface area contributed by atoms with E-state index in [1.54, 1.807) is 24.3 Å². The van der Waals surface area contributed by atoms with Crippen LogP contribution in [0.1, 0.15) is 11.1 Å². The Morgan fingerprint density at radius 1 is 0.955 bits per heavy atom. The molecule has 0 heterocycles. The van der Waals surface area contributed by atoms with Crippen LogP contribution in [0.3, 0.4) is 0 Å². The van der Waals surface area contributed by atoms with Crippen molar-refractivity contribution in [2.75, 3.05) is 4.72 Å². The maximum atomic E-state index is 12.4. The van der Waals surface area contributed by atoms with Crippen molar-refractivity contribution in [3.8, 4) is 0 Å². The van der Waals surface area contributed by atoms with Gasteiger partial charge in [0, 0.05) is 10.7 Å². The van der Waals surface area contributed by atoms with Gasteiger partial charge in [0.15, 0.2) is 0 Å². The third kappa shape index (κ3) is 4.64. The molecule has 0 fully saturated rings. The second-order valence-electron chi connectivity index (χ2n) is 4.56. The van der Waals surface area contributed by atoms with Crippen LogP contribution in [0.4, 0.5) is 18.9 Å². The standard InChI is InChI=1S/C14H11ClF3NO2S/c15-12-5-1-10(2-6-12)9-22(20,21)19-13-7-3-11(4-8-13)14(16,17)18/h1-8,19H,9H2. The minimum absolute atomic E-state index is 0.0713. The molecule has 2 aromatic carbocycles. The third-order valence-electron chi connectivity index (χ3n) is 2.76. The molecule has 0 saturated heterocycles. The number of anilines is 1. The lowest BCUT2D eigenvalue weighted by molar-refractivity contribution is -0.137. The van der Waals surface area contributed by atoms with Crippen LogP contribution in [0.2, 0.25) is 5.02 Å². The Morgan fingerprint density at radius 3 is 2.00 bits per heavy atom. The maximum Gasteiger partial charge on any atom is 0.416 e. The molecule has 0 atom stereocenters. The molecule has 0 bridgehead atoms. The zero-order valence-corrected chi connectivity index (χ0v) is 12.6. The SMILES string of the molecule is O=S(=O)(Cc1ccc(Cl)cc1)Nc1ccc(C(F)(F)F)cc1. The zero-order chi connectivity index (χ0) is 16.4. The van der Waals surface area contributed by atoms with E-state index in [0.29, 0.717) is 10.6 Å². The number of hydrogen-bond donors (Lipinski definition) is 1. The fourth-order valence-corrected chi connectivity index (χ4v) is 3.07. The fourth-order valence-electron chi connectivity index (χ4n) is 1.74. The summed E-state index contributed by atoms with van der Waals surface area (Å²) in [6, 6.07) is 10.0. The summed E-state index contributed by atoms with van der Waals surface area (Å²) in [6.45, 7) is 0. The topological polar surface area (TPSA) is 46.2 Å². The lowest BCUT2D eigenvalue weighted by Crippen LogP contribution is -2.15. The minimum Gasteiger partial charge on any atom is -0.283 e. The Kier molecular flexibility index (Phi) is 4.67. The predicted octanol–water partition coefficient (Wildman–Crippen LogP) is 4.30. The Labute approximate surface area is 130 Å². The van der Waals surface area contributed by atoms with Crippen molar-refractivity contribution in [2.45, 2.75) is 11.9 Å². The first-order valence-electron chi connectivity index (χ1n) is 6.08. The molecule has 3 nitrogen and oxygen atoms in total. The molecule has 2 aromatic rings. The van der Waals surface area contributed by atoms with Crippen molar-refractivity contribution < 1.29 is 21.6 Å². The van der Waals surface area contributed by atoms with Crippen molar-refractivity contribution in [3.63, 3.8) is 0 Å². The number of halogens is 4. The number of rotatable bonds is 4. The van der Waals surface area contributed by atoms with Crippen LogP contribution in [0, 0.1) is 0 Å². The molecule has 0 aliphatic rings. The van der Waals surface area contributed by atoms with Crippen LogP contribution in [-0.4, -0.2) is 8.42 Å². The highest BCUT2D eigenvalue weighted by atomic mass is 35.5. The summed E-state index contributed by atoms with van der Waals surface area (Å²) in [6.07, 6.45) is -4.46. The Morgan fingerprint density at radius 2 is 1.50 bits per heavy atom. The lowest BCUT2D eigenvalue weighted by Gasteiger charge is -2.10. The van der Waals surface area contributed by atoms with E-state index in [9.17, 15) is 21.6 Å². The zero-order valence-electron chi connectivity index (χ0n) is 11.1. The van der Waals surface area contributed by atoms with E-state index in [4.69, 9.17) is 11.6 Å². The van der Waals surface area contributed by atoms with Gasteiger partial charge >= 0.3 is 6.18 Å². The molecule has 0 aromatic heterocycles. The number of benzene rings is 2. The molecule has 0 aliphatic heterocycles. The van der Waals surface area contributed by atoms with E-state index in [-0.39, 0.29) is 11.4 Å². The molecule has 0 aliphatic carbocycles. The normalized spacial score (nSPS) is 12.2. The van der Waals surface area contributed by atoms with Crippen molar-refractivity contribution >= 4 is 27.3 Å². The summed E-state index contributed by atoms with van der Waals surface area (Å²) >= 11 is 5.71. The Bertz CT molecular complexity index is 741. The fraction of sp³-hybridized carbons (Fsp3) is 0.143. The molecule has 0 amide bonds. The number of hydrogen-bond acceptors (Lipinski definition) is 2. The predicted molar refractivity (Wildman–Crippen MR) is 79.1 cm³/mol. The summed E-state index contributed by atoms with van der Waals surface area (Å²) in [4.78, 5) is 0. The molecule has 2 rings (SSSR count). The molecule has 8 heteroatoms. The van der Waals surface area contributed by atoms with Gasteiger partial charge in [-0.3, -0.25) is 4.72 Å². The molecule has 22 heavy (non-hydrogen) atoms. The number of nitrogens with one attached hydrogen (secondary N) is 1. The smallest absolute Gasteiger partial charge is 0.283 e. The van der Waals surface area contributed by atoms with Gasteiger partial charge in [0.05, 0.1) is 11.3 Å². The molecule has 0 radical (unpaired) electrons. The van der Waals surface area contributed by atoms with Crippen LogP contribution in [0.25, 0.3) is 0 Å². The summed E-state index contributed by atoms with van der Waals surface area (Å²) in [5, 5.41) is 0.483. The van der Waals surface area contributed by atoms with E-state index in [2.05, 4.69) is 4.72 Å². The van der Waals surface area contributed by atoms with Crippen molar-refractivity contribution in [1.29, 1.82) is 0 Å². The molecular formula is C14H11ClF3NO2S. The van der Waals surface area contributed by atoms with Gasteiger partial charge in [0.2, 0.25) is 10.0 Å². The molecule has 0 saturated carbocycles. The number of alkyl halides is 3. The van der Waals surface area contributed by atoms with Crippen LogP contribution in [0.5, 0.6) is 0 Å². The maximum absolute atomic E-state index is 12.4. The Balaban J connectivity index is 2.10. The first kappa shape index (κ1) is 16.6. The largest absolute Gasteiger partial charge is 0.416 e. The highest BCUT2D eigenvalue weighted by Gasteiger charge is 2.30. The van der Waals surface area contributed by atoms with E-state index in [0.717, 1.165) is 24.3 Å². The second kappa shape index (κ2) is 6.18. The monoisotopic (exact) mass is 349 g/mol. The van der Waals surface area contributed by atoms with Crippen molar-refractivity contribution in [3.05, 3.63) is 64.7 Å². The van der Waals surface area contributed by atoms with Gasteiger partial charge in [-0.2, -0.15) is 13.2 Å². The first-order valence-corrected chi connectivity index (χ1v) is 8.11. The summed E-state index contributed by atoms with van der Waals surface area (Å²) in [5.41, 5.74) is -0.251.